The Morgan fingerprint density at radius 2 is 2.12 bits per heavy atom. The summed E-state index contributed by atoms with van der Waals surface area (Å²) in [6.07, 6.45) is 2.63. The summed E-state index contributed by atoms with van der Waals surface area (Å²) >= 11 is 1.64. The third-order valence-corrected chi connectivity index (χ3v) is 5.63. The van der Waals surface area contributed by atoms with Gasteiger partial charge in [0.15, 0.2) is 0 Å². The zero-order valence-corrected chi connectivity index (χ0v) is 15.3. The van der Waals surface area contributed by atoms with Gasteiger partial charge in [0, 0.05) is 16.5 Å². The van der Waals surface area contributed by atoms with Crippen LogP contribution in [0.4, 0.5) is 0 Å². The van der Waals surface area contributed by atoms with Gasteiger partial charge in [-0.25, -0.2) is 0 Å². The number of benzene rings is 1. The van der Waals surface area contributed by atoms with Crippen LogP contribution in [0.1, 0.15) is 35.7 Å². The third-order valence-electron chi connectivity index (χ3n) is 4.71. The highest BCUT2D eigenvalue weighted by Gasteiger charge is 2.36. The van der Waals surface area contributed by atoms with Gasteiger partial charge in [-0.2, -0.15) is 0 Å². The molecule has 0 saturated carbocycles. The molecule has 1 aromatic carbocycles. The van der Waals surface area contributed by atoms with Crippen LogP contribution < -0.4 is 9.47 Å². The fraction of sp³-hybridized carbons (Fsp3) is 0.421. The molecule has 0 bridgehead atoms. The van der Waals surface area contributed by atoms with Gasteiger partial charge in [-0.3, -0.25) is 9.69 Å². The Labute approximate surface area is 151 Å². The van der Waals surface area contributed by atoms with Crippen LogP contribution in [0.25, 0.3) is 0 Å². The second-order valence-electron chi connectivity index (χ2n) is 6.11. The molecule has 1 saturated heterocycles. The minimum absolute atomic E-state index is 0.137. The van der Waals surface area contributed by atoms with E-state index in [0.717, 1.165) is 35.6 Å². The predicted molar refractivity (Wildman–Crippen MR) is 97.7 cm³/mol. The van der Waals surface area contributed by atoms with Gasteiger partial charge in [-0.05, 0) is 43.0 Å². The number of hydrogen-bond acceptors (Lipinski definition) is 5. The number of carboxylic acid groups (broad SMARTS) is 1. The molecule has 0 radical (unpaired) electrons. The van der Waals surface area contributed by atoms with Crippen molar-refractivity contribution in [3.8, 4) is 11.5 Å². The van der Waals surface area contributed by atoms with Gasteiger partial charge in [0.25, 0.3) is 0 Å². The first-order valence-corrected chi connectivity index (χ1v) is 9.27. The number of carbonyl (C=O) groups is 1. The Morgan fingerprint density at radius 1 is 1.28 bits per heavy atom. The number of rotatable bonds is 6. The van der Waals surface area contributed by atoms with E-state index in [-0.39, 0.29) is 6.04 Å². The molecule has 134 valence electrons. The van der Waals surface area contributed by atoms with E-state index in [2.05, 4.69) is 11.0 Å². The van der Waals surface area contributed by atoms with E-state index < -0.39 is 12.0 Å². The van der Waals surface area contributed by atoms with Crippen LogP contribution >= 0.6 is 11.3 Å². The van der Waals surface area contributed by atoms with E-state index in [4.69, 9.17) is 9.47 Å². The van der Waals surface area contributed by atoms with Gasteiger partial charge < -0.3 is 14.6 Å². The SMILES string of the molecule is COc1ccc(C(c2cccs2)N2CCCCC2C(=O)O)c(OC)c1. The maximum Gasteiger partial charge on any atom is 0.320 e. The Morgan fingerprint density at radius 3 is 2.76 bits per heavy atom. The molecule has 5 nitrogen and oxygen atoms in total. The molecule has 1 N–H and O–H groups in total. The Balaban J connectivity index is 2.08. The zero-order chi connectivity index (χ0) is 17.8. The van der Waals surface area contributed by atoms with E-state index in [0.29, 0.717) is 12.2 Å². The average molecular weight is 361 g/mol. The monoisotopic (exact) mass is 361 g/mol. The molecule has 0 spiro atoms. The summed E-state index contributed by atoms with van der Waals surface area (Å²) in [5.74, 6) is 0.681. The van der Waals surface area contributed by atoms with Crippen LogP contribution in [0.15, 0.2) is 35.7 Å². The molecule has 2 aromatic rings. The van der Waals surface area contributed by atoms with Gasteiger partial charge in [-0.15, -0.1) is 11.3 Å². The molecule has 2 heterocycles. The van der Waals surface area contributed by atoms with E-state index in [1.165, 1.54) is 0 Å². The Kier molecular flexibility index (Phi) is 5.60. The van der Waals surface area contributed by atoms with Gasteiger partial charge in [0.2, 0.25) is 0 Å². The summed E-state index contributed by atoms with van der Waals surface area (Å²) in [5.41, 5.74) is 0.971. The van der Waals surface area contributed by atoms with Crippen molar-refractivity contribution in [3.05, 3.63) is 46.2 Å². The molecule has 0 aliphatic carbocycles. The number of methoxy groups -OCH3 is 2. The van der Waals surface area contributed by atoms with Crippen LogP contribution in [-0.4, -0.2) is 42.8 Å². The Hall–Kier alpha value is -2.05. The molecular formula is C19H23NO4S. The largest absolute Gasteiger partial charge is 0.497 e. The van der Waals surface area contributed by atoms with Crippen LogP contribution in [0.5, 0.6) is 11.5 Å². The summed E-state index contributed by atoms with van der Waals surface area (Å²) in [5, 5.41) is 11.7. The van der Waals surface area contributed by atoms with Crippen molar-refractivity contribution in [2.75, 3.05) is 20.8 Å². The number of aliphatic carboxylic acids is 1. The normalized spacial score (nSPS) is 19.4. The summed E-state index contributed by atoms with van der Waals surface area (Å²) in [6.45, 7) is 0.759. The van der Waals surface area contributed by atoms with Gasteiger partial charge >= 0.3 is 5.97 Å². The molecule has 2 atom stereocenters. The van der Waals surface area contributed by atoms with Crippen LogP contribution in [0.2, 0.25) is 0 Å². The van der Waals surface area contributed by atoms with Gasteiger partial charge in [-0.1, -0.05) is 12.5 Å². The van der Waals surface area contributed by atoms with Crippen molar-refractivity contribution in [2.24, 2.45) is 0 Å². The molecule has 3 rings (SSSR count). The van der Waals surface area contributed by atoms with E-state index in [9.17, 15) is 9.90 Å². The third kappa shape index (κ3) is 3.65. The lowest BCUT2D eigenvalue weighted by Gasteiger charge is -2.39. The van der Waals surface area contributed by atoms with Crippen molar-refractivity contribution in [1.29, 1.82) is 0 Å². The number of carboxylic acids is 1. The highest BCUT2D eigenvalue weighted by molar-refractivity contribution is 7.10. The number of hydrogen-bond donors (Lipinski definition) is 1. The molecule has 1 aliphatic heterocycles. The first-order valence-electron chi connectivity index (χ1n) is 8.39. The van der Waals surface area contributed by atoms with Crippen molar-refractivity contribution < 1.29 is 19.4 Å². The predicted octanol–water partition coefficient (Wildman–Crippen LogP) is 3.79. The first-order chi connectivity index (χ1) is 12.2. The van der Waals surface area contributed by atoms with Crippen molar-refractivity contribution in [2.45, 2.75) is 31.3 Å². The summed E-state index contributed by atoms with van der Waals surface area (Å²) in [4.78, 5) is 15.1. The van der Waals surface area contributed by atoms with Crippen molar-refractivity contribution >= 4 is 17.3 Å². The highest BCUT2D eigenvalue weighted by Crippen LogP contribution is 2.41. The fourth-order valence-corrected chi connectivity index (χ4v) is 4.38. The smallest absolute Gasteiger partial charge is 0.320 e. The lowest BCUT2D eigenvalue weighted by Crippen LogP contribution is -2.46. The molecule has 0 amide bonds. The second-order valence-corrected chi connectivity index (χ2v) is 7.09. The number of thiophene rings is 1. The van der Waals surface area contributed by atoms with E-state index >= 15 is 0 Å². The van der Waals surface area contributed by atoms with Gasteiger partial charge in [0.1, 0.15) is 17.5 Å². The zero-order valence-electron chi connectivity index (χ0n) is 14.5. The van der Waals surface area contributed by atoms with Crippen LogP contribution in [0.3, 0.4) is 0 Å². The van der Waals surface area contributed by atoms with Crippen molar-refractivity contribution in [1.82, 2.24) is 4.90 Å². The van der Waals surface area contributed by atoms with Gasteiger partial charge in [0.05, 0.1) is 20.3 Å². The molecule has 2 unspecified atom stereocenters. The summed E-state index contributed by atoms with van der Waals surface area (Å²) in [7, 11) is 3.25. The number of ether oxygens (including phenoxy) is 2. The number of piperidine rings is 1. The molecule has 6 heteroatoms. The quantitative estimate of drug-likeness (QED) is 0.848. The first kappa shape index (κ1) is 17.8. The Bertz CT molecular complexity index is 716. The average Bonchev–Trinajstić information content (AvgIpc) is 3.16. The van der Waals surface area contributed by atoms with Crippen LogP contribution in [0, 0.1) is 0 Å². The lowest BCUT2D eigenvalue weighted by molar-refractivity contribution is -0.145. The van der Waals surface area contributed by atoms with Crippen LogP contribution in [-0.2, 0) is 4.79 Å². The standard InChI is InChI=1S/C19H23NO4S/c1-23-13-8-9-14(16(12-13)24-2)18(17-7-5-11-25-17)20-10-4-3-6-15(20)19(21)22/h5,7-9,11-12,15,18H,3-4,6,10H2,1-2H3,(H,21,22). The summed E-state index contributed by atoms with van der Waals surface area (Å²) in [6, 6.07) is 9.19. The number of likely N-dealkylation sites (tertiary alicyclic amines) is 1. The summed E-state index contributed by atoms with van der Waals surface area (Å²) < 4.78 is 10.9. The van der Waals surface area contributed by atoms with Crippen molar-refractivity contribution in [3.63, 3.8) is 0 Å². The minimum atomic E-state index is -0.756. The molecule has 1 aromatic heterocycles. The maximum absolute atomic E-state index is 11.8. The topological polar surface area (TPSA) is 59.0 Å². The molecular weight excluding hydrogens is 338 g/mol. The second kappa shape index (κ2) is 7.89. The van der Waals surface area contributed by atoms with E-state index in [1.807, 2.05) is 29.6 Å². The molecule has 25 heavy (non-hydrogen) atoms. The highest BCUT2D eigenvalue weighted by atomic mass is 32.1. The fourth-order valence-electron chi connectivity index (χ4n) is 3.51. The lowest BCUT2D eigenvalue weighted by atomic mass is 9.94. The molecule has 1 aliphatic rings. The maximum atomic E-state index is 11.8. The molecule has 1 fully saturated rings. The number of nitrogens with zero attached hydrogens (tertiary/aromatic N) is 1. The minimum Gasteiger partial charge on any atom is -0.497 e. The van der Waals surface area contributed by atoms with E-state index in [1.54, 1.807) is 25.6 Å².